The maximum absolute atomic E-state index is 5.85. The summed E-state index contributed by atoms with van der Waals surface area (Å²) in [6.07, 6.45) is 0. The van der Waals surface area contributed by atoms with Crippen LogP contribution in [0.1, 0.15) is 5.69 Å². The lowest BCUT2D eigenvalue weighted by Crippen LogP contribution is -2.37. The molecule has 1 aliphatic heterocycles. The summed E-state index contributed by atoms with van der Waals surface area (Å²) in [4.78, 5) is 10.8. The second-order valence-corrected chi connectivity index (χ2v) is 4.49. The standard InChI is InChI=1S/C10H15BrN4O2/c1-16-6-7-8(11)9(12)14-10(13-7)15-2-4-17-5-3-15/h2-6H2,1H3,(H2,12,13,14). The van der Waals surface area contributed by atoms with E-state index in [9.17, 15) is 0 Å². The Labute approximate surface area is 108 Å². The van der Waals surface area contributed by atoms with E-state index in [1.54, 1.807) is 7.11 Å². The van der Waals surface area contributed by atoms with Gasteiger partial charge in [-0.3, -0.25) is 0 Å². The van der Waals surface area contributed by atoms with Crippen LogP contribution in [-0.2, 0) is 16.1 Å². The van der Waals surface area contributed by atoms with Gasteiger partial charge in [-0.05, 0) is 15.9 Å². The molecule has 0 unspecified atom stereocenters. The zero-order valence-electron chi connectivity index (χ0n) is 9.65. The maximum Gasteiger partial charge on any atom is 0.227 e. The van der Waals surface area contributed by atoms with E-state index < -0.39 is 0 Å². The summed E-state index contributed by atoms with van der Waals surface area (Å²) in [5.74, 6) is 1.08. The summed E-state index contributed by atoms with van der Waals surface area (Å²) in [6.45, 7) is 3.36. The summed E-state index contributed by atoms with van der Waals surface area (Å²) in [6, 6.07) is 0. The Hall–Kier alpha value is -0.920. The van der Waals surface area contributed by atoms with Crippen molar-refractivity contribution < 1.29 is 9.47 Å². The lowest BCUT2D eigenvalue weighted by atomic mass is 10.4. The van der Waals surface area contributed by atoms with Gasteiger partial charge in [0.25, 0.3) is 0 Å². The Morgan fingerprint density at radius 3 is 2.76 bits per heavy atom. The topological polar surface area (TPSA) is 73.5 Å². The van der Waals surface area contributed by atoms with Crippen LogP contribution >= 0.6 is 15.9 Å². The van der Waals surface area contributed by atoms with E-state index in [2.05, 4.69) is 30.8 Å². The number of morpholine rings is 1. The highest BCUT2D eigenvalue weighted by Gasteiger charge is 2.17. The van der Waals surface area contributed by atoms with Crippen LogP contribution in [0.15, 0.2) is 4.47 Å². The number of ether oxygens (including phenoxy) is 2. The van der Waals surface area contributed by atoms with Crippen molar-refractivity contribution in [2.75, 3.05) is 44.0 Å². The first kappa shape index (κ1) is 12.5. The second kappa shape index (κ2) is 5.61. The van der Waals surface area contributed by atoms with E-state index in [1.807, 2.05) is 0 Å². The number of aromatic nitrogens is 2. The molecule has 2 rings (SSSR count). The van der Waals surface area contributed by atoms with E-state index in [1.165, 1.54) is 0 Å². The summed E-state index contributed by atoms with van der Waals surface area (Å²) in [7, 11) is 1.62. The SMILES string of the molecule is COCc1nc(N2CCOCC2)nc(N)c1Br. The lowest BCUT2D eigenvalue weighted by molar-refractivity contribution is 0.122. The smallest absolute Gasteiger partial charge is 0.227 e. The summed E-state index contributed by atoms with van der Waals surface area (Å²) in [5.41, 5.74) is 6.61. The highest BCUT2D eigenvalue weighted by Crippen LogP contribution is 2.24. The van der Waals surface area contributed by atoms with Gasteiger partial charge in [-0.15, -0.1) is 0 Å². The van der Waals surface area contributed by atoms with Crippen LogP contribution in [0, 0.1) is 0 Å². The van der Waals surface area contributed by atoms with Gasteiger partial charge in [-0.25, -0.2) is 4.98 Å². The fraction of sp³-hybridized carbons (Fsp3) is 0.600. The lowest BCUT2D eigenvalue weighted by Gasteiger charge is -2.27. The van der Waals surface area contributed by atoms with Gasteiger partial charge >= 0.3 is 0 Å². The summed E-state index contributed by atoms with van der Waals surface area (Å²) in [5, 5.41) is 0. The molecule has 0 bridgehead atoms. The highest BCUT2D eigenvalue weighted by atomic mass is 79.9. The van der Waals surface area contributed by atoms with Crippen molar-refractivity contribution >= 4 is 27.7 Å². The predicted molar refractivity (Wildman–Crippen MR) is 67.9 cm³/mol. The summed E-state index contributed by atoms with van der Waals surface area (Å²) >= 11 is 3.37. The number of nitrogen functional groups attached to an aromatic ring is 1. The molecule has 2 heterocycles. The minimum absolute atomic E-state index is 0.407. The van der Waals surface area contributed by atoms with Crippen molar-refractivity contribution in [3.8, 4) is 0 Å². The number of hydrogen-bond acceptors (Lipinski definition) is 6. The third-order valence-corrected chi connectivity index (χ3v) is 3.37. The molecule has 1 aromatic rings. The van der Waals surface area contributed by atoms with Gasteiger partial charge in [0.15, 0.2) is 0 Å². The first-order valence-electron chi connectivity index (χ1n) is 5.36. The van der Waals surface area contributed by atoms with Gasteiger partial charge < -0.3 is 20.1 Å². The van der Waals surface area contributed by atoms with Crippen LogP contribution in [0.5, 0.6) is 0 Å². The molecule has 0 saturated carbocycles. The molecule has 0 spiro atoms. The van der Waals surface area contributed by atoms with Crippen LogP contribution in [0.2, 0.25) is 0 Å². The Morgan fingerprint density at radius 1 is 1.41 bits per heavy atom. The number of methoxy groups -OCH3 is 1. The van der Waals surface area contributed by atoms with E-state index in [4.69, 9.17) is 15.2 Å². The fourth-order valence-electron chi connectivity index (χ4n) is 1.64. The van der Waals surface area contributed by atoms with E-state index in [0.29, 0.717) is 36.1 Å². The molecule has 1 fully saturated rings. The molecule has 1 aromatic heterocycles. The van der Waals surface area contributed by atoms with E-state index >= 15 is 0 Å². The van der Waals surface area contributed by atoms with Gasteiger partial charge in [0.05, 0.1) is 30.0 Å². The number of nitrogens with zero attached hydrogens (tertiary/aromatic N) is 3. The molecule has 6 nitrogen and oxygen atoms in total. The molecule has 0 aromatic carbocycles. The normalized spacial score (nSPS) is 16.2. The number of hydrogen-bond donors (Lipinski definition) is 1. The Morgan fingerprint density at radius 2 is 2.12 bits per heavy atom. The fourth-order valence-corrected chi connectivity index (χ4v) is 1.93. The molecule has 0 atom stereocenters. The van der Waals surface area contributed by atoms with Crippen LogP contribution in [0.25, 0.3) is 0 Å². The average Bonchev–Trinajstić information content (AvgIpc) is 2.36. The molecule has 0 aliphatic carbocycles. The average molecular weight is 303 g/mol. The van der Waals surface area contributed by atoms with E-state index in [-0.39, 0.29) is 0 Å². The van der Waals surface area contributed by atoms with Gasteiger partial charge in [0, 0.05) is 20.2 Å². The van der Waals surface area contributed by atoms with Crippen molar-refractivity contribution in [2.24, 2.45) is 0 Å². The highest BCUT2D eigenvalue weighted by molar-refractivity contribution is 9.10. The third kappa shape index (κ3) is 2.85. The summed E-state index contributed by atoms with van der Waals surface area (Å²) < 4.78 is 11.1. The Bertz CT molecular complexity index is 396. The zero-order valence-corrected chi connectivity index (χ0v) is 11.2. The first-order valence-corrected chi connectivity index (χ1v) is 6.15. The number of anilines is 2. The maximum atomic E-state index is 5.85. The van der Waals surface area contributed by atoms with Crippen LogP contribution in [0.4, 0.5) is 11.8 Å². The minimum atomic E-state index is 0.407. The van der Waals surface area contributed by atoms with Crippen molar-refractivity contribution in [3.05, 3.63) is 10.2 Å². The molecule has 2 N–H and O–H groups in total. The number of halogens is 1. The zero-order chi connectivity index (χ0) is 12.3. The van der Waals surface area contributed by atoms with E-state index in [0.717, 1.165) is 18.8 Å². The molecular formula is C10H15BrN4O2. The molecule has 7 heteroatoms. The van der Waals surface area contributed by atoms with Gasteiger partial charge in [0.2, 0.25) is 5.95 Å². The predicted octanol–water partition coefficient (Wildman–Crippen LogP) is 0.804. The largest absolute Gasteiger partial charge is 0.383 e. The van der Waals surface area contributed by atoms with Crippen molar-refractivity contribution in [2.45, 2.75) is 6.61 Å². The first-order chi connectivity index (χ1) is 8.22. The number of rotatable bonds is 3. The molecule has 0 amide bonds. The van der Waals surface area contributed by atoms with Crippen molar-refractivity contribution in [1.82, 2.24) is 9.97 Å². The molecule has 94 valence electrons. The Balaban J connectivity index is 2.27. The van der Waals surface area contributed by atoms with Crippen LogP contribution in [0.3, 0.4) is 0 Å². The molecule has 17 heavy (non-hydrogen) atoms. The molecule has 1 aliphatic rings. The molecular weight excluding hydrogens is 288 g/mol. The molecule has 1 saturated heterocycles. The van der Waals surface area contributed by atoms with Crippen LogP contribution < -0.4 is 10.6 Å². The quantitative estimate of drug-likeness (QED) is 0.890. The van der Waals surface area contributed by atoms with Gasteiger partial charge in [-0.2, -0.15) is 4.98 Å². The monoisotopic (exact) mass is 302 g/mol. The minimum Gasteiger partial charge on any atom is -0.383 e. The van der Waals surface area contributed by atoms with Gasteiger partial charge in [0.1, 0.15) is 5.82 Å². The number of nitrogens with two attached hydrogens (primary N) is 1. The van der Waals surface area contributed by atoms with Crippen molar-refractivity contribution in [1.29, 1.82) is 0 Å². The van der Waals surface area contributed by atoms with Crippen molar-refractivity contribution in [3.63, 3.8) is 0 Å². The Kier molecular flexibility index (Phi) is 4.14. The third-order valence-electron chi connectivity index (χ3n) is 2.51. The second-order valence-electron chi connectivity index (χ2n) is 3.70. The van der Waals surface area contributed by atoms with Crippen LogP contribution in [-0.4, -0.2) is 43.4 Å². The van der Waals surface area contributed by atoms with Gasteiger partial charge in [-0.1, -0.05) is 0 Å². The molecule has 0 radical (unpaired) electrons.